The molecule has 1 aliphatic carbocycles. The van der Waals surface area contributed by atoms with Gasteiger partial charge in [-0.1, -0.05) is 0 Å². The van der Waals surface area contributed by atoms with Crippen molar-refractivity contribution < 1.29 is 14.3 Å². The van der Waals surface area contributed by atoms with E-state index >= 15 is 0 Å². The fraction of sp³-hybridized carbons (Fsp3) is 0.800. The number of carbonyl (C=O) groups excluding carboxylic acids is 2. The standard InChI is InChI=1S/C10H15NO3/c1-14-7-3-2-4-10(5-7)6-8(12)11-9(10)13/h7H,2-6H2,1H3,(H,11,12,13). The Morgan fingerprint density at radius 2 is 2.29 bits per heavy atom. The van der Waals surface area contributed by atoms with Crippen LogP contribution in [0.1, 0.15) is 32.1 Å². The maximum absolute atomic E-state index is 11.6. The van der Waals surface area contributed by atoms with E-state index in [1.807, 2.05) is 0 Å². The lowest BCUT2D eigenvalue weighted by Crippen LogP contribution is -2.38. The molecule has 2 fully saturated rings. The first kappa shape index (κ1) is 9.65. The number of nitrogens with one attached hydrogen (secondary N) is 1. The van der Waals surface area contributed by atoms with Crippen LogP contribution in [0.25, 0.3) is 0 Å². The van der Waals surface area contributed by atoms with Gasteiger partial charge in [0, 0.05) is 13.5 Å². The van der Waals surface area contributed by atoms with E-state index in [1.165, 1.54) is 0 Å². The van der Waals surface area contributed by atoms with Crippen LogP contribution in [0, 0.1) is 5.41 Å². The van der Waals surface area contributed by atoms with Crippen LogP contribution < -0.4 is 5.32 Å². The van der Waals surface area contributed by atoms with Gasteiger partial charge >= 0.3 is 0 Å². The van der Waals surface area contributed by atoms with Crippen molar-refractivity contribution in [1.82, 2.24) is 5.32 Å². The third kappa shape index (κ3) is 1.43. The Balaban J connectivity index is 2.15. The summed E-state index contributed by atoms with van der Waals surface area (Å²) in [5.41, 5.74) is -0.448. The van der Waals surface area contributed by atoms with Crippen molar-refractivity contribution in [2.45, 2.75) is 38.2 Å². The predicted octanol–water partition coefficient (Wildman–Crippen LogP) is 0.608. The first-order valence-electron chi connectivity index (χ1n) is 5.03. The number of carbonyl (C=O) groups is 2. The van der Waals surface area contributed by atoms with E-state index in [2.05, 4.69) is 5.32 Å². The van der Waals surface area contributed by atoms with Gasteiger partial charge in [0.15, 0.2) is 0 Å². The van der Waals surface area contributed by atoms with Crippen molar-refractivity contribution in [1.29, 1.82) is 0 Å². The molecule has 2 amide bonds. The lowest BCUT2D eigenvalue weighted by Gasteiger charge is -2.34. The second kappa shape index (κ2) is 3.35. The highest BCUT2D eigenvalue weighted by molar-refractivity contribution is 6.05. The Morgan fingerprint density at radius 3 is 2.86 bits per heavy atom. The molecule has 4 heteroatoms. The average Bonchev–Trinajstić information content (AvgIpc) is 2.42. The van der Waals surface area contributed by atoms with Crippen LogP contribution in [0.5, 0.6) is 0 Å². The van der Waals surface area contributed by atoms with Gasteiger partial charge in [-0.15, -0.1) is 0 Å². The molecule has 0 radical (unpaired) electrons. The zero-order chi connectivity index (χ0) is 10.2. The van der Waals surface area contributed by atoms with Crippen LogP contribution in [0.3, 0.4) is 0 Å². The molecule has 2 aliphatic rings. The maximum atomic E-state index is 11.6. The third-order valence-corrected chi connectivity index (χ3v) is 3.37. The van der Waals surface area contributed by atoms with Crippen molar-refractivity contribution in [3.05, 3.63) is 0 Å². The van der Waals surface area contributed by atoms with E-state index < -0.39 is 5.41 Å². The summed E-state index contributed by atoms with van der Waals surface area (Å²) in [7, 11) is 1.67. The molecule has 2 unspecified atom stereocenters. The highest BCUT2D eigenvalue weighted by atomic mass is 16.5. The summed E-state index contributed by atoms with van der Waals surface area (Å²) in [4.78, 5) is 22.8. The fourth-order valence-corrected chi connectivity index (χ4v) is 2.57. The molecule has 2 atom stereocenters. The van der Waals surface area contributed by atoms with Crippen molar-refractivity contribution in [3.8, 4) is 0 Å². The number of hydrogen-bond acceptors (Lipinski definition) is 3. The summed E-state index contributed by atoms with van der Waals surface area (Å²) in [5.74, 6) is -0.226. The van der Waals surface area contributed by atoms with Crippen LogP contribution in [-0.4, -0.2) is 25.0 Å². The van der Waals surface area contributed by atoms with Gasteiger partial charge in [-0.05, 0) is 25.7 Å². The quantitative estimate of drug-likeness (QED) is 0.626. The summed E-state index contributed by atoms with van der Waals surface area (Å²) in [6, 6.07) is 0. The molecule has 1 spiro atoms. The van der Waals surface area contributed by atoms with Crippen LogP contribution in [-0.2, 0) is 14.3 Å². The Labute approximate surface area is 83.0 Å². The van der Waals surface area contributed by atoms with E-state index in [0.717, 1.165) is 19.3 Å². The Bertz CT molecular complexity index is 277. The van der Waals surface area contributed by atoms with Crippen LogP contribution in [0.2, 0.25) is 0 Å². The minimum absolute atomic E-state index is 0.0933. The van der Waals surface area contributed by atoms with Crippen molar-refractivity contribution in [3.63, 3.8) is 0 Å². The molecule has 0 aromatic carbocycles. The molecule has 2 rings (SSSR count). The molecule has 78 valence electrons. The monoisotopic (exact) mass is 197 g/mol. The number of rotatable bonds is 1. The zero-order valence-electron chi connectivity index (χ0n) is 8.34. The number of hydrogen-bond donors (Lipinski definition) is 1. The van der Waals surface area contributed by atoms with Crippen LogP contribution in [0.4, 0.5) is 0 Å². The topological polar surface area (TPSA) is 55.4 Å². The smallest absolute Gasteiger partial charge is 0.233 e. The molecular weight excluding hydrogens is 182 g/mol. The first-order chi connectivity index (χ1) is 6.66. The molecule has 1 N–H and O–H groups in total. The summed E-state index contributed by atoms with van der Waals surface area (Å²) in [6.07, 6.45) is 3.98. The van der Waals surface area contributed by atoms with E-state index in [4.69, 9.17) is 4.74 Å². The van der Waals surface area contributed by atoms with Gasteiger partial charge in [-0.25, -0.2) is 0 Å². The molecule has 0 aromatic rings. The number of ether oxygens (including phenoxy) is 1. The van der Waals surface area contributed by atoms with Gasteiger partial charge in [0.1, 0.15) is 0 Å². The van der Waals surface area contributed by atoms with Gasteiger partial charge in [-0.3, -0.25) is 14.9 Å². The lowest BCUT2D eigenvalue weighted by atomic mass is 9.72. The molecule has 1 heterocycles. The molecule has 4 nitrogen and oxygen atoms in total. The molecule has 1 saturated carbocycles. The summed E-state index contributed by atoms with van der Waals surface area (Å²) in [6.45, 7) is 0. The highest BCUT2D eigenvalue weighted by Crippen LogP contribution is 2.42. The molecule has 1 aliphatic heterocycles. The van der Waals surface area contributed by atoms with Crippen LogP contribution in [0.15, 0.2) is 0 Å². The van der Waals surface area contributed by atoms with Crippen LogP contribution >= 0.6 is 0 Å². The van der Waals surface area contributed by atoms with Gasteiger partial charge < -0.3 is 4.74 Å². The van der Waals surface area contributed by atoms with Gasteiger partial charge in [0.2, 0.25) is 11.8 Å². The predicted molar refractivity (Wildman–Crippen MR) is 49.5 cm³/mol. The van der Waals surface area contributed by atoms with E-state index in [-0.39, 0.29) is 17.9 Å². The molecule has 0 aromatic heterocycles. The summed E-state index contributed by atoms with van der Waals surface area (Å²) in [5, 5.41) is 2.39. The Kier molecular flexibility index (Phi) is 2.31. The van der Waals surface area contributed by atoms with Gasteiger partial charge in [-0.2, -0.15) is 0 Å². The minimum Gasteiger partial charge on any atom is -0.381 e. The van der Waals surface area contributed by atoms with E-state index in [0.29, 0.717) is 12.8 Å². The number of amides is 2. The van der Waals surface area contributed by atoms with Gasteiger partial charge in [0.25, 0.3) is 0 Å². The third-order valence-electron chi connectivity index (χ3n) is 3.37. The second-order valence-electron chi connectivity index (χ2n) is 4.29. The summed E-state index contributed by atoms with van der Waals surface area (Å²) < 4.78 is 5.27. The van der Waals surface area contributed by atoms with Crippen molar-refractivity contribution in [2.75, 3.05) is 7.11 Å². The Hall–Kier alpha value is -0.900. The Morgan fingerprint density at radius 1 is 1.50 bits per heavy atom. The van der Waals surface area contributed by atoms with Crippen molar-refractivity contribution >= 4 is 11.8 Å². The molecule has 1 saturated heterocycles. The molecule has 0 bridgehead atoms. The SMILES string of the molecule is COC1CCCC2(CC(=O)NC2=O)C1. The van der Waals surface area contributed by atoms with Crippen molar-refractivity contribution in [2.24, 2.45) is 5.41 Å². The fourth-order valence-electron chi connectivity index (χ4n) is 2.57. The number of imide groups is 1. The molecular formula is C10H15NO3. The number of methoxy groups -OCH3 is 1. The summed E-state index contributed by atoms with van der Waals surface area (Å²) >= 11 is 0. The van der Waals surface area contributed by atoms with Gasteiger partial charge in [0.05, 0.1) is 11.5 Å². The average molecular weight is 197 g/mol. The minimum atomic E-state index is -0.448. The van der Waals surface area contributed by atoms with E-state index in [9.17, 15) is 9.59 Å². The maximum Gasteiger partial charge on any atom is 0.233 e. The zero-order valence-corrected chi connectivity index (χ0v) is 8.34. The van der Waals surface area contributed by atoms with E-state index in [1.54, 1.807) is 7.11 Å². The molecule has 14 heavy (non-hydrogen) atoms. The highest BCUT2D eigenvalue weighted by Gasteiger charge is 2.49. The second-order valence-corrected chi connectivity index (χ2v) is 4.29. The first-order valence-corrected chi connectivity index (χ1v) is 5.03. The largest absolute Gasteiger partial charge is 0.381 e. The normalized spacial score (nSPS) is 37.6. The lowest BCUT2D eigenvalue weighted by molar-refractivity contribution is -0.132.